The van der Waals surface area contributed by atoms with Gasteiger partial charge in [-0.2, -0.15) is 0 Å². The van der Waals surface area contributed by atoms with Gasteiger partial charge in [0.2, 0.25) is 11.8 Å². The number of rotatable bonds is 9. The normalized spacial score (nSPS) is 16.4. The number of Topliss-reactive ketones (excluding diaryl/α,β-unsaturated/α-hetero) is 1. The van der Waals surface area contributed by atoms with Crippen LogP contribution >= 0.6 is 0 Å². The van der Waals surface area contributed by atoms with Gasteiger partial charge in [-0.05, 0) is 17.0 Å². The summed E-state index contributed by atoms with van der Waals surface area (Å²) in [4.78, 5) is 65.4. The molecule has 0 spiro atoms. The first-order valence-electron chi connectivity index (χ1n) is 11.6. The maximum Gasteiger partial charge on any atom is 0.374 e. The number of carboxylic acid groups (broad SMARTS) is 1. The highest BCUT2D eigenvalue weighted by molar-refractivity contribution is 6.35. The fourth-order valence-corrected chi connectivity index (χ4v) is 4.17. The third-order valence-electron chi connectivity index (χ3n) is 5.88. The summed E-state index contributed by atoms with van der Waals surface area (Å²) in [6.07, 6.45) is 1.54. The van der Waals surface area contributed by atoms with Gasteiger partial charge < -0.3 is 15.3 Å². The van der Waals surface area contributed by atoms with Crippen molar-refractivity contribution in [1.82, 2.24) is 15.1 Å². The lowest BCUT2D eigenvalue weighted by Gasteiger charge is -2.40. The lowest BCUT2D eigenvalue weighted by atomic mass is 9.97. The fraction of sp³-hybridized carbons (Fsp3) is 0.296. The van der Waals surface area contributed by atoms with Crippen LogP contribution in [0.2, 0.25) is 0 Å². The SMILES string of the molecule is CC(=O)N1C=C(c2ccccc2)N(CC(=O)N[C@H](Cc2ccccc2)C(=O)C(=O)O)C(=O)C1C(C)C. The second-order valence-electron chi connectivity index (χ2n) is 8.90. The van der Waals surface area contributed by atoms with E-state index in [0.717, 1.165) is 0 Å². The van der Waals surface area contributed by atoms with Gasteiger partial charge in [0.1, 0.15) is 18.6 Å². The zero-order chi connectivity index (χ0) is 26.4. The van der Waals surface area contributed by atoms with E-state index < -0.39 is 42.2 Å². The second kappa shape index (κ2) is 11.4. The van der Waals surface area contributed by atoms with Crippen LogP contribution in [0.3, 0.4) is 0 Å². The van der Waals surface area contributed by atoms with Crippen molar-refractivity contribution in [3.63, 3.8) is 0 Å². The van der Waals surface area contributed by atoms with Crippen LogP contribution in [-0.2, 0) is 30.4 Å². The number of amides is 3. The van der Waals surface area contributed by atoms with Gasteiger partial charge in [0, 0.05) is 19.5 Å². The Labute approximate surface area is 209 Å². The lowest BCUT2D eigenvalue weighted by molar-refractivity contribution is -0.150. The molecule has 3 rings (SSSR count). The Hall–Kier alpha value is -4.27. The average Bonchev–Trinajstić information content (AvgIpc) is 2.84. The van der Waals surface area contributed by atoms with Gasteiger partial charge >= 0.3 is 5.97 Å². The standard InChI is InChI=1S/C27H29N3O6/c1-17(2)24-26(34)30(22(15-29(24)18(3)31)20-12-8-5-9-13-20)16-23(32)28-21(25(33)27(35)36)14-19-10-6-4-7-11-19/h4-13,15,17,21,24H,14,16H2,1-3H3,(H,28,32)(H,35,36)/t21-,24?/m1/s1. The maximum absolute atomic E-state index is 13.6. The number of nitrogens with zero attached hydrogens (tertiary/aromatic N) is 2. The quantitative estimate of drug-likeness (QED) is 0.518. The van der Waals surface area contributed by atoms with Crippen LogP contribution in [-0.4, -0.2) is 63.0 Å². The summed E-state index contributed by atoms with van der Waals surface area (Å²) in [6, 6.07) is 15.5. The van der Waals surface area contributed by atoms with Crippen LogP contribution in [0.15, 0.2) is 66.9 Å². The van der Waals surface area contributed by atoms with Crippen LogP contribution in [0.25, 0.3) is 5.70 Å². The minimum Gasteiger partial charge on any atom is -0.475 e. The molecule has 2 aromatic carbocycles. The molecule has 9 nitrogen and oxygen atoms in total. The Morgan fingerprint density at radius 3 is 2.08 bits per heavy atom. The third kappa shape index (κ3) is 6.04. The van der Waals surface area contributed by atoms with E-state index in [1.54, 1.807) is 80.7 Å². The molecule has 0 saturated heterocycles. The van der Waals surface area contributed by atoms with Crippen LogP contribution in [0.4, 0.5) is 0 Å². The smallest absolute Gasteiger partial charge is 0.374 e. The second-order valence-corrected chi connectivity index (χ2v) is 8.90. The number of benzene rings is 2. The molecule has 1 aliphatic rings. The molecule has 0 aromatic heterocycles. The summed E-state index contributed by atoms with van der Waals surface area (Å²) in [6.45, 7) is 4.53. The van der Waals surface area contributed by atoms with E-state index in [9.17, 15) is 29.1 Å². The molecular formula is C27H29N3O6. The predicted molar refractivity (Wildman–Crippen MR) is 132 cm³/mol. The number of carbonyl (C=O) groups excluding carboxylic acids is 4. The van der Waals surface area contributed by atoms with Crippen molar-refractivity contribution < 1.29 is 29.1 Å². The first kappa shape index (κ1) is 26.3. The molecule has 2 N–H and O–H groups in total. The first-order valence-corrected chi connectivity index (χ1v) is 11.6. The van der Waals surface area contributed by atoms with Crippen molar-refractivity contribution >= 4 is 35.2 Å². The van der Waals surface area contributed by atoms with Crippen LogP contribution < -0.4 is 5.32 Å². The van der Waals surface area contributed by atoms with E-state index in [2.05, 4.69) is 5.32 Å². The number of carboxylic acids is 1. The summed E-state index contributed by atoms with van der Waals surface area (Å²) in [5.74, 6) is -4.50. The number of hydrogen-bond donors (Lipinski definition) is 2. The molecule has 0 radical (unpaired) electrons. The zero-order valence-electron chi connectivity index (χ0n) is 20.4. The Balaban J connectivity index is 1.92. The molecule has 36 heavy (non-hydrogen) atoms. The van der Waals surface area contributed by atoms with Crippen molar-refractivity contribution in [3.05, 3.63) is 78.0 Å². The number of hydrogen-bond acceptors (Lipinski definition) is 5. The largest absolute Gasteiger partial charge is 0.475 e. The summed E-state index contributed by atoms with van der Waals surface area (Å²) in [5.41, 5.74) is 1.65. The van der Waals surface area contributed by atoms with Crippen molar-refractivity contribution in [2.75, 3.05) is 6.54 Å². The highest BCUT2D eigenvalue weighted by Gasteiger charge is 2.40. The molecule has 0 fully saturated rings. The molecule has 0 saturated carbocycles. The van der Waals surface area contributed by atoms with Gasteiger partial charge in [0.25, 0.3) is 11.7 Å². The zero-order valence-corrected chi connectivity index (χ0v) is 20.4. The van der Waals surface area contributed by atoms with Crippen LogP contribution in [0.5, 0.6) is 0 Å². The molecule has 0 aliphatic carbocycles. The van der Waals surface area contributed by atoms with Gasteiger partial charge in [-0.25, -0.2) is 4.79 Å². The summed E-state index contributed by atoms with van der Waals surface area (Å²) < 4.78 is 0. The molecule has 0 bridgehead atoms. The Morgan fingerprint density at radius 2 is 1.56 bits per heavy atom. The van der Waals surface area contributed by atoms with Gasteiger partial charge in [0.15, 0.2) is 0 Å². The van der Waals surface area contributed by atoms with Gasteiger partial charge in [-0.15, -0.1) is 0 Å². The molecular weight excluding hydrogens is 462 g/mol. The Bertz CT molecular complexity index is 1180. The minimum atomic E-state index is -1.66. The highest BCUT2D eigenvalue weighted by atomic mass is 16.4. The predicted octanol–water partition coefficient (Wildman–Crippen LogP) is 2.08. The average molecular weight is 492 g/mol. The fourth-order valence-electron chi connectivity index (χ4n) is 4.17. The first-order chi connectivity index (χ1) is 17.1. The Kier molecular flexibility index (Phi) is 8.37. The number of carbonyl (C=O) groups is 5. The van der Waals surface area contributed by atoms with Crippen molar-refractivity contribution in [1.29, 1.82) is 0 Å². The number of aliphatic carboxylic acids is 1. The Morgan fingerprint density at radius 1 is 0.972 bits per heavy atom. The third-order valence-corrected chi connectivity index (χ3v) is 5.88. The van der Waals surface area contributed by atoms with Crippen LogP contribution in [0.1, 0.15) is 31.9 Å². The van der Waals surface area contributed by atoms with Gasteiger partial charge in [-0.1, -0.05) is 74.5 Å². The van der Waals surface area contributed by atoms with E-state index in [1.807, 2.05) is 0 Å². The molecule has 2 atom stereocenters. The number of ketones is 1. The van der Waals surface area contributed by atoms with E-state index >= 15 is 0 Å². The van der Waals surface area contributed by atoms with E-state index in [-0.39, 0.29) is 18.2 Å². The lowest BCUT2D eigenvalue weighted by Crippen LogP contribution is -2.56. The number of nitrogens with one attached hydrogen (secondary N) is 1. The topological polar surface area (TPSA) is 124 Å². The monoisotopic (exact) mass is 491 g/mol. The van der Waals surface area contributed by atoms with E-state index in [1.165, 1.54) is 16.7 Å². The molecule has 1 heterocycles. The van der Waals surface area contributed by atoms with Crippen molar-refractivity contribution in [2.24, 2.45) is 5.92 Å². The molecule has 3 amide bonds. The van der Waals surface area contributed by atoms with Crippen molar-refractivity contribution in [3.8, 4) is 0 Å². The van der Waals surface area contributed by atoms with E-state index in [4.69, 9.17) is 0 Å². The van der Waals surface area contributed by atoms with Crippen LogP contribution in [0, 0.1) is 5.92 Å². The molecule has 2 aromatic rings. The molecule has 1 aliphatic heterocycles. The minimum absolute atomic E-state index is 0.0141. The highest BCUT2D eigenvalue weighted by Crippen LogP contribution is 2.29. The summed E-state index contributed by atoms with van der Waals surface area (Å²) >= 11 is 0. The van der Waals surface area contributed by atoms with Gasteiger partial charge in [0.05, 0.1) is 5.70 Å². The van der Waals surface area contributed by atoms with Gasteiger partial charge in [-0.3, -0.25) is 24.1 Å². The summed E-state index contributed by atoms with van der Waals surface area (Å²) in [7, 11) is 0. The van der Waals surface area contributed by atoms with Crippen molar-refractivity contribution in [2.45, 2.75) is 39.3 Å². The molecule has 1 unspecified atom stereocenters. The van der Waals surface area contributed by atoms with E-state index in [0.29, 0.717) is 16.8 Å². The molecule has 9 heteroatoms. The maximum atomic E-state index is 13.6. The molecule has 188 valence electrons. The summed E-state index contributed by atoms with van der Waals surface area (Å²) in [5, 5.41) is 11.8.